The van der Waals surface area contributed by atoms with Gasteiger partial charge in [-0.15, -0.1) is 0 Å². The van der Waals surface area contributed by atoms with Gasteiger partial charge in [-0.25, -0.2) is 13.1 Å². The normalized spacial score (nSPS) is 13.1. The van der Waals surface area contributed by atoms with Gasteiger partial charge < -0.3 is 14.0 Å². The number of sulfonamides is 1. The molecule has 0 atom stereocenters. The van der Waals surface area contributed by atoms with Gasteiger partial charge in [0.05, 0.1) is 16.5 Å². The molecule has 3 aromatic rings. The highest BCUT2D eigenvalue weighted by molar-refractivity contribution is 7.89. The second kappa shape index (κ2) is 6.60. The maximum Gasteiger partial charge on any atom is 0.242 e. The molecule has 0 saturated heterocycles. The molecule has 0 unspecified atom stereocenters. The van der Waals surface area contributed by atoms with Gasteiger partial charge in [-0.2, -0.15) is 4.98 Å². The maximum absolute atomic E-state index is 12.4. The first kappa shape index (κ1) is 16.8. The molecule has 0 saturated carbocycles. The Balaban J connectivity index is 1.50. The number of nitrogens with zero attached hydrogens (tertiary/aromatic N) is 2. The van der Waals surface area contributed by atoms with Crippen molar-refractivity contribution in [3.05, 3.63) is 53.4 Å². The van der Waals surface area contributed by atoms with E-state index in [4.69, 9.17) is 25.6 Å². The Morgan fingerprint density at radius 2 is 1.92 bits per heavy atom. The van der Waals surface area contributed by atoms with Gasteiger partial charge in [0.2, 0.25) is 28.5 Å². The van der Waals surface area contributed by atoms with Crippen molar-refractivity contribution in [1.29, 1.82) is 0 Å². The molecular weight excluding hydrogens is 382 g/mol. The second-order valence-electron chi connectivity index (χ2n) is 5.33. The molecule has 1 aromatic heterocycles. The van der Waals surface area contributed by atoms with Gasteiger partial charge in [0.1, 0.15) is 0 Å². The van der Waals surface area contributed by atoms with Crippen molar-refractivity contribution < 1.29 is 22.4 Å². The van der Waals surface area contributed by atoms with Crippen LogP contribution in [0.5, 0.6) is 11.5 Å². The van der Waals surface area contributed by atoms with E-state index in [0.29, 0.717) is 22.1 Å². The lowest BCUT2D eigenvalue weighted by Crippen LogP contribution is -2.23. The summed E-state index contributed by atoms with van der Waals surface area (Å²) in [7, 11) is -3.78. The van der Waals surface area contributed by atoms with Gasteiger partial charge in [0.15, 0.2) is 11.5 Å². The Morgan fingerprint density at radius 1 is 1.12 bits per heavy atom. The molecule has 0 aliphatic carbocycles. The second-order valence-corrected chi connectivity index (χ2v) is 7.51. The summed E-state index contributed by atoms with van der Waals surface area (Å²) in [6.45, 7) is -0.0900. The first-order valence-corrected chi connectivity index (χ1v) is 9.36. The number of hydrogen-bond donors (Lipinski definition) is 1. The number of aromatic nitrogens is 2. The molecule has 26 heavy (non-hydrogen) atoms. The molecule has 0 bridgehead atoms. The number of fused-ring (bicyclic) bond motifs is 1. The zero-order chi connectivity index (χ0) is 18.1. The molecule has 1 aliphatic rings. The van der Waals surface area contributed by atoms with E-state index in [1.807, 2.05) is 0 Å². The predicted molar refractivity (Wildman–Crippen MR) is 91.3 cm³/mol. The van der Waals surface area contributed by atoms with Crippen molar-refractivity contribution in [1.82, 2.24) is 14.9 Å². The summed E-state index contributed by atoms with van der Waals surface area (Å²) < 4.78 is 42.7. The monoisotopic (exact) mass is 393 g/mol. The highest BCUT2D eigenvalue weighted by Crippen LogP contribution is 2.33. The van der Waals surface area contributed by atoms with E-state index in [9.17, 15) is 8.42 Å². The number of halogens is 1. The van der Waals surface area contributed by atoms with Crippen LogP contribution in [0.1, 0.15) is 5.89 Å². The summed E-state index contributed by atoms with van der Waals surface area (Å²) in [6, 6.07) is 11.4. The maximum atomic E-state index is 12.4. The first-order chi connectivity index (χ1) is 12.5. The molecule has 4 rings (SSSR count). The number of nitrogens with one attached hydrogen (secondary N) is 1. The van der Waals surface area contributed by atoms with Crippen LogP contribution in [-0.4, -0.2) is 25.4 Å². The number of benzene rings is 2. The Morgan fingerprint density at radius 3 is 2.77 bits per heavy atom. The third-order valence-corrected chi connectivity index (χ3v) is 5.38. The Hall–Kier alpha value is -2.62. The lowest BCUT2D eigenvalue weighted by Gasteiger charge is -2.05. The lowest BCUT2D eigenvalue weighted by molar-refractivity contribution is 0.174. The summed E-state index contributed by atoms with van der Waals surface area (Å²) >= 11 is 6.09. The molecule has 1 aliphatic heterocycles. The van der Waals surface area contributed by atoms with Crippen LogP contribution in [0.15, 0.2) is 51.9 Å². The van der Waals surface area contributed by atoms with E-state index in [1.165, 1.54) is 12.1 Å². The van der Waals surface area contributed by atoms with Crippen LogP contribution < -0.4 is 14.2 Å². The van der Waals surface area contributed by atoms with Crippen molar-refractivity contribution in [2.45, 2.75) is 11.4 Å². The fraction of sp³-hybridized carbons (Fsp3) is 0.125. The highest BCUT2D eigenvalue weighted by Gasteiger charge is 2.21. The molecule has 8 nitrogen and oxygen atoms in total. The summed E-state index contributed by atoms with van der Waals surface area (Å²) in [6.07, 6.45) is 0. The van der Waals surface area contributed by atoms with Crippen molar-refractivity contribution in [3.8, 4) is 22.9 Å². The number of hydrogen-bond acceptors (Lipinski definition) is 7. The van der Waals surface area contributed by atoms with Gasteiger partial charge >= 0.3 is 0 Å². The van der Waals surface area contributed by atoms with Gasteiger partial charge in [-0.05, 0) is 24.3 Å². The zero-order valence-corrected chi connectivity index (χ0v) is 14.7. The number of rotatable bonds is 5. The van der Waals surface area contributed by atoms with Gasteiger partial charge in [0, 0.05) is 11.6 Å². The smallest absolute Gasteiger partial charge is 0.242 e. The Kier molecular flexibility index (Phi) is 4.27. The van der Waals surface area contributed by atoms with Crippen molar-refractivity contribution in [3.63, 3.8) is 0 Å². The standard InChI is InChI=1S/C16H12ClN3O5S/c17-12-4-2-1-3-11(12)16-19-15(25-20-16)8-18-26(21,22)10-5-6-13-14(7-10)24-9-23-13/h1-7,18H,8-9H2. The topological polar surface area (TPSA) is 104 Å². The van der Waals surface area contributed by atoms with Crippen molar-refractivity contribution in [2.75, 3.05) is 6.79 Å². The lowest BCUT2D eigenvalue weighted by atomic mass is 10.2. The Bertz CT molecular complexity index is 1070. The van der Waals surface area contributed by atoms with E-state index in [0.717, 1.165) is 0 Å². The van der Waals surface area contributed by atoms with Gasteiger partial charge in [-0.3, -0.25) is 0 Å². The van der Waals surface area contributed by atoms with Crippen LogP contribution >= 0.6 is 11.6 Å². The average Bonchev–Trinajstić information content (AvgIpc) is 3.29. The summed E-state index contributed by atoms with van der Waals surface area (Å²) in [4.78, 5) is 4.21. The minimum atomic E-state index is -3.78. The van der Waals surface area contributed by atoms with Crippen LogP contribution in [0.4, 0.5) is 0 Å². The average molecular weight is 394 g/mol. The zero-order valence-electron chi connectivity index (χ0n) is 13.2. The van der Waals surface area contributed by atoms with Gasteiger partial charge in [0.25, 0.3) is 0 Å². The quantitative estimate of drug-likeness (QED) is 0.710. The van der Waals surface area contributed by atoms with E-state index in [-0.39, 0.29) is 29.9 Å². The van der Waals surface area contributed by atoms with E-state index in [2.05, 4.69) is 14.9 Å². The minimum absolute atomic E-state index is 0.0487. The Labute approximate surface area is 153 Å². The molecule has 0 fully saturated rings. The summed E-state index contributed by atoms with van der Waals surface area (Å²) in [5.41, 5.74) is 0.600. The van der Waals surface area contributed by atoms with Crippen LogP contribution in [-0.2, 0) is 16.6 Å². The largest absolute Gasteiger partial charge is 0.454 e. The fourth-order valence-electron chi connectivity index (χ4n) is 2.36. The van der Waals surface area contributed by atoms with Crippen molar-refractivity contribution in [2.24, 2.45) is 0 Å². The molecule has 2 aromatic carbocycles. The molecule has 2 heterocycles. The predicted octanol–water partition coefficient (Wildman–Crippen LogP) is 2.60. The van der Waals surface area contributed by atoms with E-state index in [1.54, 1.807) is 30.3 Å². The molecule has 0 radical (unpaired) electrons. The SMILES string of the molecule is O=S(=O)(NCc1nc(-c2ccccc2Cl)no1)c1ccc2c(c1)OCO2. The minimum Gasteiger partial charge on any atom is -0.454 e. The van der Waals surface area contributed by atoms with Crippen LogP contribution in [0, 0.1) is 0 Å². The molecule has 0 amide bonds. The third-order valence-electron chi connectivity index (χ3n) is 3.65. The fourth-order valence-corrected chi connectivity index (χ4v) is 3.57. The summed E-state index contributed by atoms with van der Waals surface area (Å²) in [5.74, 6) is 1.29. The molecular formula is C16H12ClN3O5S. The molecule has 1 N–H and O–H groups in total. The van der Waals surface area contributed by atoms with E-state index < -0.39 is 10.0 Å². The molecule has 134 valence electrons. The van der Waals surface area contributed by atoms with Crippen LogP contribution in [0.25, 0.3) is 11.4 Å². The highest BCUT2D eigenvalue weighted by atomic mass is 35.5. The summed E-state index contributed by atoms with van der Waals surface area (Å²) in [5, 5.41) is 4.30. The van der Waals surface area contributed by atoms with E-state index >= 15 is 0 Å². The van der Waals surface area contributed by atoms with Crippen molar-refractivity contribution >= 4 is 21.6 Å². The van der Waals surface area contributed by atoms with Crippen LogP contribution in [0.2, 0.25) is 5.02 Å². The third kappa shape index (κ3) is 3.24. The van der Waals surface area contributed by atoms with Crippen LogP contribution in [0.3, 0.4) is 0 Å². The van der Waals surface area contributed by atoms with Gasteiger partial charge in [-0.1, -0.05) is 28.9 Å². The number of ether oxygens (including phenoxy) is 2. The first-order valence-electron chi connectivity index (χ1n) is 7.50. The molecule has 0 spiro atoms. The molecule has 10 heteroatoms.